The Kier molecular flexibility index (Phi) is 4.52. The monoisotopic (exact) mass is 211 g/mol. The van der Waals surface area contributed by atoms with Gasteiger partial charge < -0.3 is 14.9 Å². The van der Waals surface area contributed by atoms with Crippen molar-refractivity contribution >= 4 is 0 Å². The Labute approximate surface area is 89.5 Å². The predicted molar refractivity (Wildman–Crippen MR) is 56.9 cm³/mol. The molecule has 1 aromatic rings. The molecule has 1 heterocycles. The van der Waals surface area contributed by atoms with E-state index in [9.17, 15) is 0 Å². The zero-order valence-corrected chi connectivity index (χ0v) is 9.10. The molecule has 0 aromatic carbocycles. The van der Waals surface area contributed by atoms with E-state index in [1.807, 2.05) is 19.1 Å². The summed E-state index contributed by atoms with van der Waals surface area (Å²) in [6, 6.07) is 3.84. The molecule has 1 aromatic heterocycles. The molecule has 4 nitrogen and oxygen atoms in total. The Morgan fingerprint density at radius 1 is 1.47 bits per heavy atom. The van der Waals surface area contributed by atoms with E-state index in [1.54, 1.807) is 0 Å². The summed E-state index contributed by atoms with van der Waals surface area (Å²) in [6.07, 6.45) is 0.0693. The maximum Gasteiger partial charge on any atom is 0.213 e. The van der Waals surface area contributed by atoms with Crippen LogP contribution in [0, 0.1) is 6.92 Å². The molecule has 84 valence electrons. The lowest BCUT2D eigenvalue weighted by Gasteiger charge is -2.10. The van der Waals surface area contributed by atoms with Crippen molar-refractivity contribution in [1.29, 1.82) is 0 Å². The molecule has 4 heteroatoms. The van der Waals surface area contributed by atoms with Crippen molar-refractivity contribution in [1.82, 2.24) is 4.98 Å². The van der Waals surface area contributed by atoms with Crippen LogP contribution in [0.15, 0.2) is 12.1 Å². The minimum atomic E-state index is -0.850. The second kappa shape index (κ2) is 5.68. The van der Waals surface area contributed by atoms with Crippen molar-refractivity contribution in [2.24, 2.45) is 0 Å². The average molecular weight is 211 g/mol. The number of ether oxygens (including phenoxy) is 1. The van der Waals surface area contributed by atoms with E-state index in [-0.39, 0.29) is 13.2 Å². The average Bonchev–Trinajstić information content (AvgIpc) is 2.25. The molecule has 15 heavy (non-hydrogen) atoms. The second-order valence-corrected chi connectivity index (χ2v) is 3.46. The molecule has 0 spiro atoms. The van der Waals surface area contributed by atoms with Gasteiger partial charge in [0.2, 0.25) is 5.88 Å². The van der Waals surface area contributed by atoms with Gasteiger partial charge in [-0.25, -0.2) is 4.98 Å². The number of aliphatic hydroxyl groups is 2. The zero-order chi connectivity index (χ0) is 11.3. The summed E-state index contributed by atoms with van der Waals surface area (Å²) < 4.78 is 5.26. The van der Waals surface area contributed by atoms with Crippen molar-refractivity contribution in [2.75, 3.05) is 13.2 Å². The summed E-state index contributed by atoms with van der Waals surface area (Å²) in [4.78, 5) is 4.17. The maximum atomic E-state index is 9.11. The lowest BCUT2D eigenvalue weighted by atomic mass is 10.2. The van der Waals surface area contributed by atoms with Gasteiger partial charge in [-0.1, -0.05) is 6.92 Å². The second-order valence-electron chi connectivity index (χ2n) is 3.46. The van der Waals surface area contributed by atoms with Gasteiger partial charge >= 0.3 is 0 Å². The SMILES string of the molecule is CCc1cc(C)nc(OC[C@H](O)CO)c1. The van der Waals surface area contributed by atoms with Gasteiger partial charge in [0, 0.05) is 11.8 Å². The van der Waals surface area contributed by atoms with Gasteiger partial charge in [-0.3, -0.25) is 0 Å². The first-order chi connectivity index (χ1) is 7.15. The number of rotatable bonds is 5. The van der Waals surface area contributed by atoms with Crippen LogP contribution in [0.5, 0.6) is 5.88 Å². The highest BCUT2D eigenvalue weighted by Crippen LogP contribution is 2.13. The smallest absolute Gasteiger partial charge is 0.213 e. The Bertz CT molecular complexity index is 315. The number of pyridine rings is 1. The minimum absolute atomic E-state index is 0.0656. The summed E-state index contributed by atoms with van der Waals surface area (Å²) in [7, 11) is 0. The first kappa shape index (κ1) is 11.9. The molecule has 0 saturated heterocycles. The third kappa shape index (κ3) is 3.85. The van der Waals surface area contributed by atoms with E-state index in [0.717, 1.165) is 17.7 Å². The molecule has 1 rings (SSSR count). The van der Waals surface area contributed by atoms with Gasteiger partial charge in [0.1, 0.15) is 12.7 Å². The minimum Gasteiger partial charge on any atom is -0.475 e. The first-order valence-electron chi connectivity index (χ1n) is 5.05. The van der Waals surface area contributed by atoms with Crippen molar-refractivity contribution < 1.29 is 14.9 Å². The molecule has 0 aliphatic heterocycles. The highest BCUT2D eigenvalue weighted by Gasteiger charge is 2.05. The summed E-state index contributed by atoms with van der Waals surface area (Å²) in [5, 5.41) is 17.7. The van der Waals surface area contributed by atoms with E-state index in [4.69, 9.17) is 14.9 Å². The Balaban J connectivity index is 2.64. The van der Waals surface area contributed by atoms with E-state index in [0.29, 0.717) is 5.88 Å². The normalized spacial score (nSPS) is 12.5. The number of nitrogens with zero attached hydrogens (tertiary/aromatic N) is 1. The van der Waals surface area contributed by atoms with Crippen LogP contribution in [0.1, 0.15) is 18.2 Å². The standard InChI is InChI=1S/C11H17NO3/c1-3-9-4-8(2)12-11(5-9)15-7-10(14)6-13/h4-5,10,13-14H,3,6-7H2,1-2H3/t10-/m1/s1. The molecule has 0 saturated carbocycles. The molecule has 0 fully saturated rings. The summed E-state index contributed by atoms with van der Waals surface area (Å²) in [6.45, 7) is 3.72. The highest BCUT2D eigenvalue weighted by atomic mass is 16.5. The van der Waals surface area contributed by atoms with Crippen molar-refractivity contribution in [3.8, 4) is 5.88 Å². The molecular weight excluding hydrogens is 194 g/mol. The molecule has 0 amide bonds. The highest BCUT2D eigenvalue weighted by molar-refractivity contribution is 5.24. The predicted octanol–water partition coefficient (Wildman–Crippen LogP) is 0.684. The summed E-state index contributed by atoms with van der Waals surface area (Å²) in [5.74, 6) is 0.499. The van der Waals surface area contributed by atoms with Crippen LogP contribution in [-0.2, 0) is 6.42 Å². The van der Waals surface area contributed by atoms with Crippen LogP contribution in [-0.4, -0.2) is 34.5 Å². The van der Waals surface area contributed by atoms with Gasteiger partial charge in [0.05, 0.1) is 6.61 Å². The van der Waals surface area contributed by atoms with Gasteiger partial charge in [-0.15, -0.1) is 0 Å². The largest absolute Gasteiger partial charge is 0.475 e. The van der Waals surface area contributed by atoms with Crippen LogP contribution >= 0.6 is 0 Å². The summed E-state index contributed by atoms with van der Waals surface area (Å²) >= 11 is 0. The molecule has 2 N–H and O–H groups in total. The first-order valence-corrected chi connectivity index (χ1v) is 5.05. The lowest BCUT2D eigenvalue weighted by molar-refractivity contribution is 0.0520. The molecule has 1 atom stereocenters. The van der Waals surface area contributed by atoms with E-state index < -0.39 is 6.10 Å². The molecule has 0 aliphatic rings. The number of aryl methyl sites for hydroxylation is 2. The lowest BCUT2D eigenvalue weighted by Crippen LogP contribution is -2.21. The van der Waals surface area contributed by atoms with Crippen molar-refractivity contribution in [3.63, 3.8) is 0 Å². The molecule has 0 radical (unpaired) electrons. The van der Waals surface area contributed by atoms with Gasteiger partial charge in [-0.2, -0.15) is 0 Å². The van der Waals surface area contributed by atoms with Gasteiger partial charge in [-0.05, 0) is 25.0 Å². The van der Waals surface area contributed by atoms with Crippen LogP contribution in [0.25, 0.3) is 0 Å². The van der Waals surface area contributed by atoms with Crippen LogP contribution in [0.3, 0.4) is 0 Å². The van der Waals surface area contributed by atoms with Crippen LogP contribution in [0.2, 0.25) is 0 Å². The van der Waals surface area contributed by atoms with Crippen molar-refractivity contribution in [2.45, 2.75) is 26.4 Å². The fourth-order valence-electron chi connectivity index (χ4n) is 1.22. The third-order valence-electron chi connectivity index (χ3n) is 2.03. The zero-order valence-electron chi connectivity index (χ0n) is 9.10. The summed E-state index contributed by atoms with van der Waals surface area (Å²) in [5.41, 5.74) is 2.04. The Morgan fingerprint density at radius 2 is 2.20 bits per heavy atom. The molecule has 0 unspecified atom stereocenters. The number of aliphatic hydroxyl groups excluding tert-OH is 2. The number of aromatic nitrogens is 1. The Hall–Kier alpha value is -1.13. The topological polar surface area (TPSA) is 62.6 Å². The van der Waals surface area contributed by atoms with E-state index in [2.05, 4.69) is 11.9 Å². The Morgan fingerprint density at radius 3 is 2.80 bits per heavy atom. The van der Waals surface area contributed by atoms with E-state index in [1.165, 1.54) is 0 Å². The quantitative estimate of drug-likeness (QED) is 0.752. The van der Waals surface area contributed by atoms with Gasteiger partial charge in [0.25, 0.3) is 0 Å². The number of hydrogen-bond acceptors (Lipinski definition) is 4. The van der Waals surface area contributed by atoms with Gasteiger partial charge in [0.15, 0.2) is 0 Å². The maximum absolute atomic E-state index is 9.11. The molecule has 0 bridgehead atoms. The number of hydrogen-bond donors (Lipinski definition) is 2. The van der Waals surface area contributed by atoms with Crippen LogP contribution in [0.4, 0.5) is 0 Å². The fourth-order valence-corrected chi connectivity index (χ4v) is 1.22. The van der Waals surface area contributed by atoms with Crippen molar-refractivity contribution in [3.05, 3.63) is 23.4 Å². The third-order valence-corrected chi connectivity index (χ3v) is 2.03. The fraction of sp³-hybridized carbons (Fsp3) is 0.545. The molecular formula is C11H17NO3. The van der Waals surface area contributed by atoms with E-state index >= 15 is 0 Å². The molecule has 0 aliphatic carbocycles. The van der Waals surface area contributed by atoms with Crippen LogP contribution < -0.4 is 4.74 Å².